The fourth-order valence-corrected chi connectivity index (χ4v) is 4.14. The molecule has 1 aromatic carbocycles. The van der Waals surface area contributed by atoms with Crippen LogP contribution in [0, 0.1) is 0 Å². The van der Waals surface area contributed by atoms with E-state index in [0.29, 0.717) is 24.9 Å². The molecule has 2 aliphatic rings. The first kappa shape index (κ1) is 23.5. The van der Waals surface area contributed by atoms with Crippen LogP contribution in [0.4, 0.5) is 0 Å². The minimum absolute atomic E-state index is 0.0291. The zero-order valence-electron chi connectivity index (χ0n) is 18.0. The third kappa shape index (κ3) is 5.76. The monoisotopic (exact) mass is 446 g/mol. The lowest BCUT2D eigenvalue weighted by Gasteiger charge is -2.28. The number of carboxylic acid groups (broad SMARTS) is 1. The van der Waals surface area contributed by atoms with Crippen molar-refractivity contribution in [3.8, 4) is 5.75 Å². The second-order valence-corrected chi connectivity index (χ2v) is 8.34. The number of hydrogen-bond donors (Lipinski definition) is 5. The normalized spacial score (nSPS) is 22.2. The minimum Gasteiger partial charge on any atom is -0.508 e. The topological polar surface area (TPSA) is 148 Å². The number of phenolic OH excluding ortho intramolecular Hbond substituents is 1. The molecule has 174 valence electrons. The average Bonchev–Trinajstić information content (AvgIpc) is 3.46. The number of rotatable bonds is 8. The summed E-state index contributed by atoms with van der Waals surface area (Å²) in [7, 11) is 0. The summed E-state index contributed by atoms with van der Waals surface area (Å²) in [6.45, 7) is 2.77. The van der Waals surface area contributed by atoms with Gasteiger partial charge in [-0.1, -0.05) is 12.1 Å². The van der Waals surface area contributed by atoms with Crippen LogP contribution in [0.2, 0.25) is 0 Å². The molecule has 10 heteroatoms. The lowest BCUT2D eigenvalue weighted by molar-refractivity contribution is -0.143. The maximum Gasteiger partial charge on any atom is 0.326 e. The van der Waals surface area contributed by atoms with Gasteiger partial charge in [0.25, 0.3) is 0 Å². The number of benzene rings is 1. The Labute approximate surface area is 186 Å². The molecule has 2 saturated heterocycles. The Morgan fingerprint density at radius 1 is 1.12 bits per heavy atom. The fraction of sp³-hybridized carbons (Fsp3) is 0.545. The molecule has 0 bridgehead atoms. The predicted octanol–water partition coefficient (Wildman–Crippen LogP) is -0.248. The number of nitrogens with one attached hydrogen (secondary N) is 3. The van der Waals surface area contributed by atoms with Crippen LogP contribution in [0.1, 0.15) is 38.2 Å². The zero-order valence-corrected chi connectivity index (χ0v) is 18.0. The number of amides is 3. The van der Waals surface area contributed by atoms with E-state index in [-0.39, 0.29) is 24.1 Å². The predicted molar refractivity (Wildman–Crippen MR) is 115 cm³/mol. The molecule has 0 saturated carbocycles. The summed E-state index contributed by atoms with van der Waals surface area (Å²) < 4.78 is 0. The van der Waals surface area contributed by atoms with Gasteiger partial charge in [-0.15, -0.1) is 0 Å². The van der Waals surface area contributed by atoms with E-state index >= 15 is 0 Å². The Hall–Kier alpha value is -3.14. The van der Waals surface area contributed by atoms with Crippen LogP contribution in [0.3, 0.4) is 0 Å². The number of aromatic hydroxyl groups is 1. The molecule has 2 aliphatic heterocycles. The maximum atomic E-state index is 12.8. The van der Waals surface area contributed by atoms with Gasteiger partial charge in [-0.05, 0) is 56.8 Å². The first-order chi connectivity index (χ1) is 15.3. The van der Waals surface area contributed by atoms with Gasteiger partial charge < -0.3 is 31.1 Å². The molecular formula is C22H30N4O6. The van der Waals surface area contributed by atoms with E-state index in [1.807, 2.05) is 0 Å². The van der Waals surface area contributed by atoms with E-state index in [1.54, 1.807) is 17.0 Å². The third-order valence-electron chi connectivity index (χ3n) is 5.94. The summed E-state index contributed by atoms with van der Waals surface area (Å²) in [6.07, 6.45) is 2.94. The van der Waals surface area contributed by atoms with Crippen molar-refractivity contribution in [3.63, 3.8) is 0 Å². The highest BCUT2D eigenvalue weighted by Crippen LogP contribution is 2.21. The minimum atomic E-state index is -1.21. The van der Waals surface area contributed by atoms with E-state index < -0.39 is 35.9 Å². The van der Waals surface area contributed by atoms with Gasteiger partial charge in [0.2, 0.25) is 17.7 Å². The van der Waals surface area contributed by atoms with Gasteiger partial charge >= 0.3 is 5.97 Å². The average molecular weight is 447 g/mol. The Bertz CT molecular complexity index is 852. The van der Waals surface area contributed by atoms with Crippen LogP contribution >= 0.6 is 0 Å². The second-order valence-electron chi connectivity index (χ2n) is 8.34. The number of aliphatic carboxylic acids is 1. The van der Waals surface area contributed by atoms with Crippen LogP contribution in [0.25, 0.3) is 0 Å². The Kier molecular flexibility index (Phi) is 7.68. The van der Waals surface area contributed by atoms with Crippen molar-refractivity contribution in [1.29, 1.82) is 0 Å². The summed E-state index contributed by atoms with van der Waals surface area (Å²) in [6, 6.07) is 2.98. The van der Waals surface area contributed by atoms with E-state index in [9.17, 15) is 29.4 Å². The lowest BCUT2D eigenvalue weighted by atomic mass is 10.1. The van der Waals surface area contributed by atoms with Crippen molar-refractivity contribution in [3.05, 3.63) is 29.8 Å². The molecule has 10 nitrogen and oxygen atoms in total. The van der Waals surface area contributed by atoms with Crippen molar-refractivity contribution in [2.45, 2.75) is 63.2 Å². The van der Waals surface area contributed by atoms with Crippen LogP contribution in [0.5, 0.6) is 5.75 Å². The fourth-order valence-electron chi connectivity index (χ4n) is 4.14. The molecule has 2 heterocycles. The van der Waals surface area contributed by atoms with Gasteiger partial charge in [0.05, 0.1) is 6.04 Å². The highest BCUT2D eigenvalue weighted by Gasteiger charge is 2.38. The number of carbonyl (C=O) groups excluding carboxylic acids is 3. The zero-order chi connectivity index (χ0) is 23.3. The molecule has 0 radical (unpaired) electrons. The van der Waals surface area contributed by atoms with E-state index in [1.165, 1.54) is 19.1 Å². The van der Waals surface area contributed by atoms with Gasteiger partial charge in [-0.25, -0.2) is 4.79 Å². The Balaban J connectivity index is 1.56. The van der Waals surface area contributed by atoms with Crippen molar-refractivity contribution in [2.24, 2.45) is 0 Å². The molecule has 5 N–H and O–H groups in total. The van der Waals surface area contributed by atoms with Crippen molar-refractivity contribution in [2.75, 3.05) is 13.1 Å². The number of phenols is 1. The number of nitrogens with zero attached hydrogens (tertiary/aromatic N) is 1. The van der Waals surface area contributed by atoms with E-state index in [4.69, 9.17) is 0 Å². The van der Waals surface area contributed by atoms with Crippen molar-refractivity contribution in [1.82, 2.24) is 20.9 Å². The Morgan fingerprint density at radius 3 is 2.47 bits per heavy atom. The molecule has 0 aromatic heterocycles. The van der Waals surface area contributed by atoms with Crippen LogP contribution < -0.4 is 16.0 Å². The molecule has 3 rings (SSSR count). The largest absolute Gasteiger partial charge is 0.508 e. The SMILES string of the molecule is CC(NC(=O)C1CCCN1C(=O)C1CCCN1)C(=O)NC(Cc1ccc(O)cc1)C(=O)O. The Morgan fingerprint density at radius 2 is 1.84 bits per heavy atom. The van der Waals surface area contributed by atoms with Gasteiger partial charge in [0.1, 0.15) is 23.9 Å². The lowest BCUT2D eigenvalue weighted by Crippen LogP contribution is -2.56. The summed E-state index contributed by atoms with van der Waals surface area (Å²) in [5.41, 5.74) is 0.632. The van der Waals surface area contributed by atoms with Crippen molar-refractivity contribution < 1.29 is 29.4 Å². The first-order valence-corrected chi connectivity index (χ1v) is 10.9. The second kappa shape index (κ2) is 10.4. The standard InChI is InChI=1S/C22H30N4O6/c1-13(19(28)25-17(22(31)32)12-14-6-8-15(27)9-7-14)24-20(29)18-5-3-11-26(18)21(30)16-4-2-10-23-16/h6-9,13,16-18,23,27H,2-5,10-12H2,1H3,(H,24,29)(H,25,28)(H,31,32). The number of carbonyl (C=O) groups is 4. The third-order valence-corrected chi connectivity index (χ3v) is 5.94. The van der Waals surface area contributed by atoms with E-state index in [2.05, 4.69) is 16.0 Å². The van der Waals surface area contributed by atoms with E-state index in [0.717, 1.165) is 19.4 Å². The summed E-state index contributed by atoms with van der Waals surface area (Å²) >= 11 is 0. The molecule has 0 spiro atoms. The van der Waals surface area contributed by atoms with Crippen LogP contribution in [-0.4, -0.2) is 76.1 Å². The number of hydrogen-bond acceptors (Lipinski definition) is 6. The van der Waals surface area contributed by atoms with Gasteiger partial charge in [-0.3, -0.25) is 14.4 Å². The van der Waals surface area contributed by atoms with Gasteiger partial charge in [0.15, 0.2) is 0 Å². The van der Waals surface area contributed by atoms with Gasteiger partial charge in [-0.2, -0.15) is 0 Å². The smallest absolute Gasteiger partial charge is 0.326 e. The molecule has 4 atom stereocenters. The molecule has 32 heavy (non-hydrogen) atoms. The van der Waals surface area contributed by atoms with Crippen molar-refractivity contribution >= 4 is 23.7 Å². The molecule has 0 aliphatic carbocycles. The molecule has 2 fully saturated rings. The number of carboxylic acids is 1. The highest BCUT2D eigenvalue weighted by molar-refractivity contribution is 5.94. The molecule has 1 aromatic rings. The number of likely N-dealkylation sites (tertiary alicyclic amines) is 1. The quantitative estimate of drug-likeness (QED) is 0.370. The summed E-state index contributed by atoms with van der Waals surface area (Å²) in [5, 5.41) is 27.0. The maximum absolute atomic E-state index is 12.8. The molecule has 4 unspecified atom stereocenters. The van der Waals surface area contributed by atoms with Crippen LogP contribution in [0.15, 0.2) is 24.3 Å². The van der Waals surface area contributed by atoms with Crippen LogP contribution in [-0.2, 0) is 25.6 Å². The molecular weight excluding hydrogens is 416 g/mol. The summed E-state index contributed by atoms with van der Waals surface area (Å²) in [5.74, 6) is -2.28. The molecule has 3 amide bonds. The summed E-state index contributed by atoms with van der Waals surface area (Å²) in [4.78, 5) is 51.2. The highest BCUT2D eigenvalue weighted by atomic mass is 16.4. The first-order valence-electron chi connectivity index (χ1n) is 10.9. The van der Waals surface area contributed by atoms with Gasteiger partial charge in [0, 0.05) is 13.0 Å².